The average molecular weight is 337 g/mol. The minimum absolute atomic E-state index is 0.462. The summed E-state index contributed by atoms with van der Waals surface area (Å²) in [5.74, 6) is -4.24. The Morgan fingerprint density at radius 3 is 2.21 bits per heavy atom. The van der Waals surface area contributed by atoms with Gasteiger partial charge in [0.25, 0.3) is 0 Å². The number of anilines is 1. The highest BCUT2D eigenvalue weighted by molar-refractivity contribution is 6.02. The number of rotatable bonds is 5. The van der Waals surface area contributed by atoms with Gasteiger partial charge in [-0.1, -0.05) is 6.07 Å². The zero-order chi connectivity index (χ0) is 17.7. The monoisotopic (exact) mass is 337 g/mol. The third-order valence-corrected chi connectivity index (χ3v) is 3.16. The number of nitrogens with one attached hydrogen (secondary N) is 1. The first-order valence-electron chi connectivity index (χ1n) is 6.81. The lowest BCUT2D eigenvalue weighted by atomic mass is 10.1. The standard InChI is InChI=1S/C17H14F3NO3/c1-23-13-4-3-5-14(24-2)10(13)6-9-15(22)21-12-8-7-11(18)16(19)17(12)20/h3-9H,1-2H3,(H,21,22)/b9-6+. The lowest BCUT2D eigenvalue weighted by Crippen LogP contribution is -2.10. The molecular formula is C17H14F3NO3. The molecule has 0 radical (unpaired) electrons. The van der Waals surface area contributed by atoms with Crippen molar-refractivity contribution in [3.63, 3.8) is 0 Å². The second kappa shape index (κ2) is 7.54. The average Bonchev–Trinajstić information content (AvgIpc) is 2.60. The zero-order valence-corrected chi connectivity index (χ0v) is 12.9. The van der Waals surface area contributed by atoms with Gasteiger partial charge in [0.2, 0.25) is 5.91 Å². The normalized spacial score (nSPS) is 10.7. The summed E-state index contributed by atoms with van der Waals surface area (Å²) >= 11 is 0. The molecule has 2 aromatic carbocycles. The SMILES string of the molecule is COc1cccc(OC)c1/C=C/C(=O)Nc1ccc(F)c(F)c1F. The number of amides is 1. The van der Waals surface area contributed by atoms with Gasteiger partial charge >= 0.3 is 0 Å². The van der Waals surface area contributed by atoms with Gasteiger partial charge in [-0.2, -0.15) is 0 Å². The van der Waals surface area contributed by atoms with Gasteiger partial charge in [0.15, 0.2) is 17.5 Å². The van der Waals surface area contributed by atoms with E-state index in [4.69, 9.17) is 9.47 Å². The summed E-state index contributed by atoms with van der Waals surface area (Å²) in [6.45, 7) is 0. The van der Waals surface area contributed by atoms with Crippen LogP contribution in [0.3, 0.4) is 0 Å². The number of carbonyl (C=O) groups excluding carboxylic acids is 1. The van der Waals surface area contributed by atoms with Gasteiger partial charge < -0.3 is 14.8 Å². The summed E-state index contributed by atoms with van der Waals surface area (Å²) in [5.41, 5.74) is 0.0407. The number of carbonyl (C=O) groups is 1. The topological polar surface area (TPSA) is 47.6 Å². The summed E-state index contributed by atoms with van der Waals surface area (Å²) in [6, 6.07) is 6.72. The Morgan fingerprint density at radius 2 is 1.62 bits per heavy atom. The highest BCUT2D eigenvalue weighted by Gasteiger charge is 2.14. The molecule has 4 nitrogen and oxygen atoms in total. The third-order valence-electron chi connectivity index (χ3n) is 3.16. The smallest absolute Gasteiger partial charge is 0.248 e. The number of halogens is 3. The summed E-state index contributed by atoms with van der Waals surface area (Å²) < 4.78 is 49.9. The molecule has 1 N–H and O–H groups in total. The largest absolute Gasteiger partial charge is 0.496 e. The summed E-state index contributed by atoms with van der Waals surface area (Å²) in [5, 5.41) is 2.13. The van der Waals surface area contributed by atoms with Gasteiger partial charge in [0.1, 0.15) is 11.5 Å². The van der Waals surface area contributed by atoms with Crippen molar-refractivity contribution in [1.82, 2.24) is 0 Å². The third kappa shape index (κ3) is 3.68. The van der Waals surface area contributed by atoms with E-state index in [1.165, 1.54) is 20.3 Å². The molecule has 24 heavy (non-hydrogen) atoms. The first-order valence-corrected chi connectivity index (χ1v) is 6.81. The van der Waals surface area contributed by atoms with Gasteiger partial charge in [-0.15, -0.1) is 0 Å². The second-order valence-electron chi connectivity index (χ2n) is 4.62. The van der Waals surface area contributed by atoms with E-state index in [1.54, 1.807) is 18.2 Å². The van der Waals surface area contributed by atoms with Crippen molar-refractivity contribution in [3.8, 4) is 11.5 Å². The molecule has 0 aliphatic heterocycles. The number of benzene rings is 2. The molecule has 0 aromatic heterocycles. The van der Waals surface area contributed by atoms with E-state index in [0.29, 0.717) is 17.1 Å². The minimum atomic E-state index is -1.65. The molecule has 0 saturated carbocycles. The molecule has 0 unspecified atom stereocenters. The molecule has 0 fully saturated rings. The molecule has 0 saturated heterocycles. The van der Waals surface area contributed by atoms with Crippen LogP contribution in [0.1, 0.15) is 5.56 Å². The van der Waals surface area contributed by atoms with Crippen molar-refractivity contribution in [2.75, 3.05) is 19.5 Å². The Hall–Kier alpha value is -2.96. The summed E-state index contributed by atoms with van der Waals surface area (Å²) in [4.78, 5) is 11.9. The zero-order valence-electron chi connectivity index (χ0n) is 12.9. The summed E-state index contributed by atoms with van der Waals surface area (Å²) in [6.07, 6.45) is 2.51. The van der Waals surface area contributed by atoms with Crippen LogP contribution in [0, 0.1) is 17.5 Å². The first kappa shape index (κ1) is 17.4. The van der Waals surface area contributed by atoms with E-state index in [9.17, 15) is 18.0 Å². The number of methoxy groups -OCH3 is 2. The second-order valence-corrected chi connectivity index (χ2v) is 4.62. The van der Waals surface area contributed by atoms with Crippen LogP contribution >= 0.6 is 0 Å². The highest BCUT2D eigenvalue weighted by Crippen LogP contribution is 2.29. The molecule has 0 aliphatic rings. The Bertz CT molecular complexity index is 769. The Kier molecular flexibility index (Phi) is 5.47. The van der Waals surface area contributed by atoms with E-state index in [-0.39, 0.29) is 0 Å². The highest BCUT2D eigenvalue weighted by atomic mass is 19.2. The van der Waals surface area contributed by atoms with Gasteiger partial charge in [-0.3, -0.25) is 4.79 Å². The summed E-state index contributed by atoms with van der Waals surface area (Å²) in [7, 11) is 2.92. The Labute approximate surface area is 136 Å². The maximum absolute atomic E-state index is 13.5. The minimum Gasteiger partial charge on any atom is -0.496 e. The molecule has 126 valence electrons. The molecule has 0 heterocycles. The molecular weight excluding hydrogens is 323 g/mol. The molecule has 1 amide bonds. The van der Waals surface area contributed by atoms with Crippen molar-refractivity contribution in [3.05, 3.63) is 59.4 Å². The number of ether oxygens (including phenoxy) is 2. The van der Waals surface area contributed by atoms with Crippen molar-refractivity contribution in [2.24, 2.45) is 0 Å². The maximum Gasteiger partial charge on any atom is 0.248 e. The van der Waals surface area contributed by atoms with E-state index >= 15 is 0 Å². The molecule has 7 heteroatoms. The van der Waals surface area contributed by atoms with Crippen molar-refractivity contribution in [1.29, 1.82) is 0 Å². The van der Waals surface area contributed by atoms with Crippen molar-refractivity contribution >= 4 is 17.7 Å². The predicted octanol–water partition coefficient (Wildman–Crippen LogP) is 3.77. The van der Waals surface area contributed by atoms with Gasteiger partial charge in [0.05, 0.1) is 25.5 Å². The molecule has 0 atom stereocenters. The van der Waals surface area contributed by atoms with Crippen LogP contribution in [0.5, 0.6) is 11.5 Å². The van der Waals surface area contributed by atoms with Gasteiger partial charge in [0, 0.05) is 6.08 Å². The van der Waals surface area contributed by atoms with Gasteiger partial charge in [-0.25, -0.2) is 13.2 Å². The lowest BCUT2D eigenvalue weighted by molar-refractivity contribution is -0.111. The fourth-order valence-corrected chi connectivity index (χ4v) is 2.00. The molecule has 0 bridgehead atoms. The van der Waals surface area contributed by atoms with Crippen LogP contribution in [-0.4, -0.2) is 20.1 Å². The van der Waals surface area contributed by atoms with E-state index < -0.39 is 29.0 Å². The maximum atomic E-state index is 13.5. The van der Waals surface area contributed by atoms with Crippen LogP contribution in [-0.2, 0) is 4.79 Å². The van der Waals surface area contributed by atoms with Crippen LogP contribution < -0.4 is 14.8 Å². The van der Waals surface area contributed by atoms with E-state index in [0.717, 1.165) is 18.2 Å². The molecule has 2 rings (SSSR count). The Balaban J connectivity index is 2.22. The van der Waals surface area contributed by atoms with Crippen LogP contribution in [0.15, 0.2) is 36.4 Å². The Morgan fingerprint density at radius 1 is 1.00 bits per heavy atom. The van der Waals surface area contributed by atoms with Gasteiger partial charge in [-0.05, 0) is 30.3 Å². The predicted molar refractivity (Wildman–Crippen MR) is 83.5 cm³/mol. The fourth-order valence-electron chi connectivity index (χ4n) is 2.00. The molecule has 2 aromatic rings. The first-order chi connectivity index (χ1) is 11.5. The number of hydrogen-bond donors (Lipinski definition) is 1. The van der Waals surface area contributed by atoms with Crippen molar-refractivity contribution < 1.29 is 27.4 Å². The quantitative estimate of drug-likeness (QED) is 0.667. The van der Waals surface area contributed by atoms with E-state index in [1.807, 2.05) is 0 Å². The van der Waals surface area contributed by atoms with Crippen LogP contribution in [0.4, 0.5) is 18.9 Å². The molecule has 0 spiro atoms. The lowest BCUT2D eigenvalue weighted by Gasteiger charge is -2.09. The van der Waals surface area contributed by atoms with Crippen molar-refractivity contribution in [2.45, 2.75) is 0 Å². The van der Waals surface area contributed by atoms with Crippen LogP contribution in [0.2, 0.25) is 0 Å². The van der Waals surface area contributed by atoms with E-state index in [2.05, 4.69) is 5.32 Å². The number of hydrogen-bond acceptors (Lipinski definition) is 3. The van der Waals surface area contributed by atoms with Crippen LogP contribution in [0.25, 0.3) is 6.08 Å². The fraction of sp³-hybridized carbons (Fsp3) is 0.118. The molecule has 0 aliphatic carbocycles.